The highest BCUT2D eigenvalue weighted by atomic mass is 32.2. The van der Waals surface area contributed by atoms with Crippen LogP contribution in [0, 0.1) is 0 Å². The van der Waals surface area contributed by atoms with Crippen LogP contribution in [0.4, 0.5) is 0 Å². The standard InChI is InChI=1S/C15H15NO4S2/c1-9(7-13(17)18)16-14(19)12(22-15(16)21)8-10-3-5-11(20-2)6-4-10/h3-6,8-9H,7H2,1-2H3,(H,17,18)/b12-8-. The third kappa shape index (κ3) is 3.66. The van der Waals surface area contributed by atoms with Gasteiger partial charge >= 0.3 is 5.97 Å². The topological polar surface area (TPSA) is 66.8 Å². The molecule has 1 amide bonds. The number of carbonyl (C=O) groups is 2. The molecular formula is C15H15NO4S2. The second-order valence-electron chi connectivity index (χ2n) is 4.77. The van der Waals surface area contributed by atoms with Crippen LogP contribution in [0.15, 0.2) is 29.2 Å². The van der Waals surface area contributed by atoms with Gasteiger partial charge in [-0.25, -0.2) is 0 Å². The minimum atomic E-state index is -0.958. The molecule has 1 atom stereocenters. The van der Waals surface area contributed by atoms with Gasteiger partial charge in [0, 0.05) is 6.04 Å². The van der Waals surface area contributed by atoms with Crippen LogP contribution >= 0.6 is 24.0 Å². The normalized spacial score (nSPS) is 17.9. The second-order valence-corrected chi connectivity index (χ2v) is 6.45. The summed E-state index contributed by atoms with van der Waals surface area (Å²) in [4.78, 5) is 25.1. The van der Waals surface area contributed by atoms with E-state index in [1.54, 1.807) is 32.2 Å². The van der Waals surface area contributed by atoms with E-state index in [0.29, 0.717) is 9.23 Å². The lowest BCUT2D eigenvalue weighted by atomic mass is 10.2. The van der Waals surface area contributed by atoms with E-state index in [9.17, 15) is 9.59 Å². The van der Waals surface area contributed by atoms with Gasteiger partial charge in [0.2, 0.25) is 0 Å². The quantitative estimate of drug-likeness (QED) is 0.658. The lowest BCUT2D eigenvalue weighted by Crippen LogP contribution is -2.37. The van der Waals surface area contributed by atoms with Gasteiger partial charge < -0.3 is 9.84 Å². The van der Waals surface area contributed by atoms with E-state index in [1.807, 2.05) is 12.1 Å². The molecule has 7 heteroatoms. The number of hydrogen-bond acceptors (Lipinski definition) is 5. The van der Waals surface area contributed by atoms with Crippen molar-refractivity contribution in [2.75, 3.05) is 7.11 Å². The third-order valence-corrected chi connectivity index (χ3v) is 4.48. The lowest BCUT2D eigenvalue weighted by molar-refractivity contribution is -0.138. The molecule has 116 valence electrons. The Balaban J connectivity index is 2.19. The average molecular weight is 337 g/mol. The highest BCUT2D eigenvalue weighted by Gasteiger charge is 2.35. The Kier molecular flexibility index (Phi) is 5.20. The fourth-order valence-corrected chi connectivity index (χ4v) is 3.52. The van der Waals surface area contributed by atoms with Crippen molar-refractivity contribution in [3.05, 3.63) is 34.7 Å². The van der Waals surface area contributed by atoms with Gasteiger partial charge in [-0.1, -0.05) is 36.1 Å². The van der Waals surface area contributed by atoms with E-state index in [-0.39, 0.29) is 12.3 Å². The summed E-state index contributed by atoms with van der Waals surface area (Å²) in [5.74, 6) is -0.472. The molecule has 1 saturated heterocycles. The molecule has 0 saturated carbocycles. The molecule has 1 aliphatic rings. The summed E-state index contributed by atoms with van der Waals surface area (Å²) in [7, 11) is 1.59. The molecule has 0 radical (unpaired) electrons. The number of benzene rings is 1. The Bertz CT molecular complexity index is 639. The Morgan fingerprint density at radius 2 is 2.09 bits per heavy atom. The number of amides is 1. The second kappa shape index (κ2) is 6.93. The molecule has 22 heavy (non-hydrogen) atoms. The summed E-state index contributed by atoms with van der Waals surface area (Å²) in [5.41, 5.74) is 0.854. The van der Waals surface area contributed by atoms with Crippen LogP contribution in [0.2, 0.25) is 0 Å². The van der Waals surface area contributed by atoms with Crippen LogP contribution in [0.1, 0.15) is 18.9 Å². The predicted octanol–water partition coefficient (Wildman–Crippen LogP) is 2.76. The number of thiocarbonyl (C=S) groups is 1. The van der Waals surface area contributed by atoms with E-state index in [2.05, 4.69) is 0 Å². The van der Waals surface area contributed by atoms with Crippen molar-refractivity contribution in [3.63, 3.8) is 0 Å². The average Bonchev–Trinajstić information content (AvgIpc) is 2.73. The molecule has 1 aromatic rings. The largest absolute Gasteiger partial charge is 0.497 e. The number of methoxy groups -OCH3 is 1. The van der Waals surface area contributed by atoms with Crippen molar-refractivity contribution >= 4 is 46.3 Å². The van der Waals surface area contributed by atoms with E-state index in [4.69, 9.17) is 22.1 Å². The van der Waals surface area contributed by atoms with Crippen LogP contribution in [-0.4, -0.2) is 39.4 Å². The molecule has 1 aromatic carbocycles. The van der Waals surface area contributed by atoms with Gasteiger partial charge in [-0.2, -0.15) is 0 Å². The Morgan fingerprint density at radius 1 is 1.45 bits per heavy atom. The summed E-state index contributed by atoms with van der Waals surface area (Å²) >= 11 is 6.38. The minimum Gasteiger partial charge on any atom is -0.497 e. The first-order valence-corrected chi connectivity index (χ1v) is 7.77. The highest BCUT2D eigenvalue weighted by Crippen LogP contribution is 2.34. The Hall–Kier alpha value is -1.86. The fourth-order valence-electron chi connectivity index (χ4n) is 2.06. The summed E-state index contributed by atoms with van der Waals surface area (Å²) in [6.45, 7) is 1.68. The molecule has 5 nitrogen and oxygen atoms in total. The fraction of sp³-hybridized carbons (Fsp3) is 0.267. The molecule has 1 unspecified atom stereocenters. The first kappa shape index (κ1) is 16.5. The van der Waals surface area contributed by atoms with E-state index in [0.717, 1.165) is 11.3 Å². The zero-order valence-electron chi connectivity index (χ0n) is 12.1. The van der Waals surface area contributed by atoms with E-state index < -0.39 is 12.0 Å². The monoisotopic (exact) mass is 337 g/mol. The van der Waals surface area contributed by atoms with Crippen LogP contribution in [0.3, 0.4) is 0 Å². The van der Waals surface area contributed by atoms with Crippen molar-refractivity contribution < 1.29 is 19.4 Å². The molecule has 2 rings (SSSR count). The van der Waals surface area contributed by atoms with E-state index >= 15 is 0 Å². The minimum absolute atomic E-state index is 0.137. The highest BCUT2D eigenvalue weighted by molar-refractivity contribution is 8.26. The smallest absolute Gasteiger partial charge is 0.305 e. The van der Waals surface area contributed by atoms with Crippen LogP contribution in [0.25, 0.3) is 6.08 Å². The summed E-state index contributed by atoms with van der Waals surface area (Å²) in [6, 6.07) is 6.82. The van der Waals surface area contributed by atoms with Crippen LogP contribution < -0.4 is 4.74 Å². The molecular weight excluding hydrogens is 322 g/mol. The van der Waals surface area contributed by atoms with Crippen molar-refractivity contribution in [3.8, 4) is 5.75 Å². The van der Waals surface area contributed by atoms with Crippen molar-refractivity contribution in [1.29, 1.82) is 0 Å². The number of nitrogens with zero attached hydrogens (tertiary/aromatic N) is 1. The van der Waals surface area contributed by atoms with E-state index in [1.165, 1.54) is 16.7 Å². The summed E-state index contributed by atoms with van der Waals surface area (Å²) in [5, 5.41) is 8.85. The number of aliphatic carboxylic acids is 1. The van der Waals surface area contributed by atoms with Gasteiger partial charge in [-0.15, -0.1) is 0 Å². The maximum Gasteiger partial charge on any atom is 0.305 e. The van der Waals surface area contributed by atoms with Gasteiger partial charge in [-0.3, -0.25) is 14.5 Å². The van der Waals surface area contributed by atoms with Crippen molar-refractivity contribution in [1.82, 2.24) is 4.90 Å². The number of carboxylic acids is 1. The maximum atomic E-state index is 12.4. The number of carboxylic acid groups (broad SMARTS) is 1. The molecule has 1 fully saturated rings. The molecule has 1 aliphatic heterocycles. The molecule has 0 aliphatic carbocycles. The Labute approximate surface area is 137 Å². The molecule has 1 heterocycles. The maximum absolute atomic E-state index is 12.4. The first-order chi connectivity index (χ1) is 10.4. The zero-order valence-corrected chi connectivity index (χ0v) is 13.7. The number of rotatable bonds is 5. The molecule has 0 spiro atoms. The molecule has 0 bridgehead atoms. The SMILES string of the molecule is COc1ccc(/C=C2\SC(=S)N(C(C)CC(=O)O)C2=O)cc1. The van der Waals surface area contributed by atoms with Gasteiger partial charge in [0.25, 0.3) is 5.91 Å². The number of carbonyl (C=O) groups excluding carboxylic acids is 1. The molecule has 1 N–H and O–H groups in total. The van der Waals surface area contributed by atoms with Crippen LogP contribution in [-0.2, 0) is 9.59 Å². The predicted molar refractivity (Wildman–Crippen MR) is 89.7 cm³/mol. The van der Waals surface area contributed by atoms with Crippen molar-refractivity contribution in [2.24, 2.45) is 0 Å². The molecule has 0 aromatic heterocycles. The zero-order chi connectivity index (χ0) is 16.3. The number of ether oxygens (including phenoxy) is 1. The van der Waals surface area contributed by atoms with Gasteiger partial charge in [0.05, 0.1) is 18.4 Å². The lowest BCUT2D eigenvalue weighted by Gasteiger charge is -2.21. The van der Waals surface area contributed by atoms with Gasteiger partial charge in [0.1, 0.15) is 10.1 Å². The Morgan fingerprint density at radius 3 is 2.64 bits per heavy atom. The first-order valence-electron chi connectivity index (χ1n) is 6.55. The van der Waals surface area contributed by atoms with Crippen molar-refractivity contribution in [2.45, 2.75) is 19.4 Å². The summed E-state index contributed by atoms with van der Waals surface area (Å²) in [6.07, 6.45) is 1.61. The number of hydrogen-bond donors (Lipinski definition) is 1. The number of thioether (sulfide) groups is 1. The van der Waals surface area contributed by atoms with Gasteiger partial charge in [-0.05, 0) is 30.7 Å². The summed E-state index contributed by atoms with van der Waals surface area (Å²) < 4.78 is 5.47. The third-order valence-electron chi connectivity index (χ3n) is 3.15. The van der Waals surface area contributed by atoms with Gasteiger partial charge in [0.15, 0.2) is 0 Å². The van der Waals surface area contributed by atoms with Crippen LogP contribution in [0.5, 0.6) is 5.75 Å².